The number of aliphatic hydroxyl groups excluding tert-OH is 8. The molecule has 0 saturated carbocycles. The van der Waals surface area contributed by atoms with Gasteiger partial charge in [0.25, 0.3) is 0 Å². The summed E-state index contributed by atoms with van der Waals surface area (Å²) in [5.41, 5.74) is 0. The van der Waals surface area contributed by atoms with E-state index in [0.29, 0.717) is 12.8 Å². The topological polar surface area (TPSA) is 228 Å². The molecule has 2 heterocycles. The quantitative estimate of drug-likeness (QED) is 0.0279. The van der Waals surface area contributed by atoms with Crippen LogP contribution >= 0.6 is 0 Å². The third-order valence-electron chi connectivity index (χ3n) is 11.8. The van der Waals surface area contributed by atoms with Gasteiger partial charge in [0.1, 0.15) is 48.8 Å². The van der Waals surface area contributed by atoms with Crippen LogP contribution < -0.4 is 5.32 Å². The van der Waals surface area contributed by atoms with Crippen molar-refractivity contribution in [2.75, 3.05) is 19.8 Å². The molecule has 14 heteroatoms. The fraction of sp³-hybridized carbons (Fsp3) is 0.854. The molecular formula is C48H87NO13. The minimum Gasteiger partial charge on any atom is -0.394 e. The fourth-order valence-electron chi connectivity index (χ4n) is 7.79. The van der Waals surface area contributed by atoms with Crippen molar-refractivity contribution >= 4 is 5.91 Å². The molecule has 0 aromatic rings. The lowest BCUT2D eigenvalue weighted by atomic mass is 9.97. The zero-order valence-corrected chi connectivity index (χ0v) is 38.1. The van der Waals surface area contributed by atoms with Crippen LogP contribution in [0, 0.1) is 0 Å². The number of carbonyl (C=O) groups excluding carboxylic acids is 1. The van der Waals surface area contributed by atoms with Crippen LogP contribution in [0.2, 0.25) is 0 Å². The largest absolute Gasteiger partial charge is 0.394 e. The first-order valence-corrected chi connectivity index (χ1v) is 24.2. The van der Waals surface area contributed by atoms with E-state index in [1.807, 2.05) is 6.08 Å². The van der Waals surface area contributed by atoms with Crippen LogP contribution in [0.5, 0.6) is 0 Å². The molecule has 362 valence electrons. The Hall–Kier alpha value is -1.79. The van der Waals surface area contributed by atoms with Crippen LogP contribution in [-0.2, 0) is 23.7 Å². The van der Waals surface area contributed by atoms with E-state index in [1.54, 1.807) is 6.08 Å². The highest BCUT2D eigenvalue weighted by Gasteiger charge is 2.51. The van der Waals surface area contributed by atoms with Crippen LogP contribution in [0.15, 0.2) is 36.5 Å². The van der Waals surface area contributed by atoms with Gasteiger partial charge in [0.05, 0.1) is 32.0 Å². The third kappa shape index (κ3) is 22.9. The lowest BCUT2D eigenvalue weighted by Crippen LogP contribution is -2.65. The van der Waals surface area contributed by atoms with Crippen LogP contribution in [-0.4, -0.2) is 140 Å². The number of carbonyl (C=O) groups is 1. The van der Waals surface area contributed by atoms with E-state index in [4.69, 9.17) is 18.9 Å². The van der Waals surface area contributed by atoms with E-state index in [-0.39, 0.29) is 18.9 Å². The van der Waals surface area contributed by atoms with Gasteiger partial charge in [-0.1, -0.05) is 153 Å². The molecule has 1 amide bonds. The van der Waals surface area contributed by atoms with Crippen LogP contribution in [0.25, 0.3) is 0 Å². The first-order chi connectivity index (χ1) is 30.1. The summed E-state index contributed by atoms with van der Waals surface area (Å²) >= 11 is 0. The van der Waals surface area contributed by atoms with Gasteiger partial charge in [0, 0.05) is 6.42 Å². The summed E-state index contributed by atoms with van der Waals surface area (Å²) in [6, 6.07) is -0.932. The summed E-state index contributed by atoms with van der Waals surface area (Å²) in [6.07, 6.45) is 21.9. The highest BCUT2D eigenvalue weighted by atomic mass is 16.7. The Morgan fingerprint density at radius 2 is 1.03 bits per heavy atom. The monoisotopic (exact) mass is 886 g/mol. The zero-order valence-electron chi connectivity index (χ0n) is 38.1. The molecule has 12 unspecified atom stereocenters. The molecule has 12 atom stereocenters. The van der Waals surface area contributed by atoms with E-state index in [2.05, 4.69) is 43.5 Å². The fourth-order valence-corrected chi connectivity index (χ4v) is 7.79. The number of aliphatic hydroxyl groups is 8. The summed E-state index contributed by atoms with van der Waals surface area (Å²) in [4.78, 5) is 13.1. The maximum absolute atomic E-state index is 13.1. The van der Waals surface area contributed by atoms with Crippen molar-refractivity contribution in [1.82, 2.24) is 5.32 Å². The summed E-state index contributed by atoms with van der Waals surface area (Å²) < 4.78 is 22.6. The van der Waals surface area contributed by atoms with Crippen molar-refractivity contribution in [3.63, 3.8) is 0 Å². The maximum Gasteiger partial charge on any atom is 0.220 e. The Morgan fingerprint density at radius 3 is 1.58 bits per heavy atom. The molecule has 2 fully saturated rings. The summed E-state index contributed by atoms with van der Waals surface area (Å²) in [5.74, 6) is -0.256. The molecular weight excluding hydrogens is 799 g/mol. The Labute approximate surface area is 372 Å². The smallest absolute Gasteiger partial charge is 0.220 e. The lowest BCUT2D eigenvalue weighted by molar-refractivity contribution is -0.359. The Balaban J connectivity index is 1.91. The number of nitrogens with one attached hydrogen (secondary N) is 1. The molecule has 0 aromatic heterocycles. The summed E-state index contributed by atoms with van der Waals surface area (Å²) in [7, 11) is 0. The number of allylic oxidation sites excluding steroid dienone is 5. The van der Waals surface area contributed by atoms with Crippen LogP contribution in [0.3, 0.4) is 0 Å². The Bertz CT molecular complexity index is 1190. The minimum absolute atomic E-state index is 0.256. The predicted octanol–water partition coefficient (Wildman–Crippen LogP) is 5.54. The van der Waals surface area contributed by atoms with Crippen molar-refractivity contribution < 1.29 is 64.6 Å². The van der Waals surface area contributed by atoms with Crippen LogP contribution in [0.4, 0.5) is 0 Å². The van der Waals surface area contributed by atoms with Crippen molar-refractivity contribution in [1.29, 1.82) is 0 Å². The molecule has 9 N–H and O–H groups in total. The molecule has 62 heavy (non-hydrogen) atoms. The van der Waals surface area contributed by atoms with Crippen molar-refractivity contribution in [2.24, 2.45) is 0 Å². The Morgan fingerprint density at radius 1 is 0.565 bits per heavy atom. The second-order valence-electron chi connectivity index (χ2n) is 17.2. The molecule has 0 aromatic carbocycles. The number of unbranched alkanes of at least 4 members (excludes halogenated alkanes) is 19. The molecule has 0 bridgehead atoms. The van der Waals surface area contributed by atoms with Crippen molar-refractivity contribution in [3.8, 4) is 0 Å². The predicted molar refractivity (Wildman–Crippen MR) is 240 cm³/mol. The number of rotatable bonds is 36. The number of amides is 1. The van der Waals surface area contributed by atoms with E-state index >= 15 is 0 Å². The summed E-state index contributed by atoms with van der Waals surface area (Å²) in [6.45, 7) is 2.72. The first-order valence-electron chi connectivity index (χ1n) is 24.2. The van der Waals surface area contributed by atoms with E-state index in [1.165, 1.54) is 89.9 Å². The number of hydrogen-bond donors (Lipinski definition) is 9. The molecule has 2 aliphatic rings. The third-order valence-corrected chi connectivity index (χ3v) is 11.8. The highest BCUT2D eigenvalue weighted by molar-refractivity contribution is 5.76. The van der Waals surface area contributed by atoms with Gasteiger partial charge in [-0.25, -0.2) is 0 Å². The van der Waals surface area contributed by atoms with Gasteiger partial charge >= 0.3 is 0 Å². The van der Waals surface area contributed by atoms with Crippen molar-refractivity contribution in [3.05, 3.63) is 36.5 Å². The number of ether oxygens (including phenoxy) is 4. The van der Waals surface area contributed by atoms with Gasteiger partial charge in [0.15, 0.2) is 12.6 Å². The summed E-state index contributed by atoms with van der Waals surface area (Å²) in [5, 5.41) is 86.5. The van der Waals surface area contributed by atoms with E-state index in [9.17, 15) is 45.6 Å². The van der Waals surface area contributed by atoms with E-state index < -0.39 is 86.8 Å². The van der Waals surface area contributed by atoms with Gasteiger partial charge in [-0.05, 0) is 44.9 Å². The normalized spacial score (nSPS) is 28.0. The zero-order chi connectivity index (χ0) is 45.4. The standard InChI is InChI=1S/C48H87NO13/c1-3-5-7-9-11-13-15-17-18-20-21-23-25-27-29-31-37(52)36(49-40(53)32-30-28-26-24-22-19-16-14-12-10-8-6-4-2)35-59-47-45(58)43(56)46(39(34-51)61-47)62-48-44(57)42(55)41(54)38(33-50)60-48/h15,17,21,23,29,31,36-39,41-48,50-52,54-58H,3-14,16,18-20,22,24-28,30,32-35H2,1-2H3,(H,49,53)/b17-15+,23-21+,31-29+. The molecule has 0 aliphatic carbocycles. The number of hydrogen-bond acceptors (Lipinski definition) is 13. The highest BCUT2D eigenvalue weighted by Crippen LogP contribution is 2.30. The molecule has 2 rings (SSSR count). The molecule has 2 aliphatic heterocycles. The molecule has 0 radical (unpaired) electrons. The maximum atomic E-state index is 13.1. The van der Waals surface area contributed by atoms with Crippen LogP contribution in [0.1, 0.15) is 168 Å². The van der Waals surface area contributed by atoms with Gasteiger partial charge < -0.3 is 65.1 Å². The SMILES string of the molecule is CCCCCCC/C=C/CC/C=C/CC/C=C/C(O)C(COC1OC(CO)C(OC2OC(CO)C(O)C(O)C2O)C(O)C1O)NC(=O)CCCCCCCCCCCCCCC. The molecule has 14 nitrogen and oxygen atoms in total. The second kappa shape index (κ2) is 35.5. The first kappa shape index (κ1) is 56.3. The average Bonchev–Trinajstić information content (AvgIpc) is 3.27. The van der Waals surface area contributed by atoms with E-state index in [0.717, 1.165) is 44.9 Å². The second-order valence-corrected chi connectivity index (χ2v) is 17.2. The average molecular weight is 886 g/mol. The lowest BCUT2D eigenvalue weighted by Gasteiger charge is -2.46. The Kier molecular flexibility index (Phi) is 32.2. The van der Waals surface area contributed by atoms with Gasteiger partial charge in [-0.3, -0.25) is 4.79 Å². The van der Waals surface area contributed by atoms with Gasteiger partial charge in [0.2, 0.25) is 5.91 Å². The molecule has 0 spiro atoms. The van der Waals surface area contributed by atoms with Gasteiger partial charge in [-0.15, -0.1) is 0 Å². The van der Waals surface area contributed by atoms with Gasteiger partial charge in [-0.2, -0.15) is 0 Å². The molecule has 2 saturated heterocycles. The minimum atomic E-state index is -1.79. The van der Waals surface area contributed by atoms with Crippen molar-refractivity contribution in [2.45, 2.75) is 242 Å².